The van der Waals surface area contributed by atoms with Crippen LogP contribution < -0.4 is 14.7 Å². The van der Waals surface area contributed by atoms with Crippen molar-refractivity contribution in [3.8, 4) is 0 Å². The summed E-state index contributed by atoms with van der Waals surface area (Å²) in [7, 11) is 0. The second-order valence-electron chi connectivity index (χ2n) is 16.3. The summed E-state index contributed by atoms with van der Waals surface area (Å²) in [5.74, 6) is 0. The van der Waals surface area contributed by atoms with Crippen LogP contribution in [-0.4, -0.2) is 0 Å². The Labute approximate surface area is 392 Å². The molecule has 10 aromatic rings. The number of rotatable bonds is 13. The number of hydrogen-bond donors (Lipinski definition) is 0. The molecule has 0 aliphatic heterocycles. The molecule has 0 bridgehead atoms. The highest BCUT2D eigenvalue weighted by Crippen LogP contribution is 2.44. The van der Waals surface area contributed by atoms with E-state index in [1.807, 2.05) is 6.92 Å². The smallest absolute Gasteiger partial charge is 0.0540 e. The van der Waals surface area contributed by atoms with E-state index >= 15 is 0 Å². The van der Waals surface area contributed by atoms with Crippen LogP contribution in [0.2, 0.25) is 0 Å². The Morgan fingerprint density at radius 3 is 1.20 bits per heavy atom. The van der Waals surface area contributed by atoms with Gasteiger partial charge in [0.1, 0.15) is 0 Å². The van der Waals surface area contributed by atoms with E-state index in [4.69, 9.17) is 0 Å². The highest BCUT2D eigenvalue weighted by Gasteiger charge is 2.20. The van der Waals surface area contributed by atoms with Crippen molar-refractivity contribution in [2.75, 3.05) is 14.7 Å². The lowest BCUT2D eigenvalue weighted by molar-refractivity contribution is 1.20. The zero-order valence-corrected chi connectivity index (χ0v) is 37.9. The molecular weight excluding hydrogens is 819 g/mol. The van der Waals surface area contributed by atoms with Crippen molar-refractivity contribution in [1.82, 2.24) is 0 Å². The zero-order chi connectivity index (χ0) is 44.8. The molecule has 0 aromatic heterocycles. The monoisotopic (exact) mass is 867 g/mol. The number of nitrogens with zero attached hydrogens (tertiary/aromatic N) is 3. The quantitative estimate of drug-likeness (QED) is 0.107. The van der Waals surface area contributed by atoms with Gasteiger partial charge in [-0.05, 0) is 139 Å². The minimum Gasteiger partial charge on any atom is -0.310 e. The molecule has 0 unspecified atom stereocenters. The molecule has 10 aromatic carbocycles. The van der Waals surface area contributed by atoms with E-state index in [0.29, 0.717) is 0 Å². The number of hydrogen-bond acceptors (Lipinski definition) is 4. The molecule has 318 valence electrons. The molecule has 0 saturated heterocycles. The van der Waals surface area contributed by atoms with Crippen molar-refractivity contribution in [1.29, 1.82) is 0 Å². The zero-order valence-electron chi connectivity index (χ0n) is 37.1. The summed E-state index contributed by atoms with van der Waals surface area (Å²) in [6.45, 7) is 8.24. The fourth-order valence-electron chi connectivity index (χ4n) is 8.81. The summed E-state index contributed by atoms with van der Waals surface area (Å²) < 4.78 is 0. The van der Waals surface area contributed by atoms with Crippen LogP contribution in [0.1, 0.15) is 13.8 Å². The van der Waals surface area contributed by atoms with Gasteiger partial charge in [0, 0.05) is 60.1 Å². The normalized spacial score (nSPS) is 11.6. The molecule has 10 rings (SSSR count). The largest absolute Gasteiger partial charge is 0.310 e. The minimum atomic E-state index is 1.01. The van der Waals surface area contributed by atoms with E-state index < -0.39 is 0 Å². The van der Waals surface area contributed by atoms with Gasteiger partial charge in [-0.15, -0.1) is 0 Å². The van der Waals surface area contributed by atoms with Crippen LogP contribution in [0.15, 0.2) is 276 Å². The van der Waals surface area contributed by atoms with Gasteiger partial charge in [-0.1, -0.05) is 163 Å². The van der Waals surface area contributed by atoms with Gasteiger partial charge in [0.25, 0.3) is 0 Å². The number of benzene rings is 10. The van der Waals surface area contributed by atoms with Crippen molar-refractivity contribution in [3.63, 3.8) is 0 Å². The summed E-state index contributed by atoms with van der Waals surface area (Å²) in [4.78, 5) is 9.40. The molecule has 0 atom stereocenters. The summed E-state index contributed by atoms with van der Waals surface area (Å²) in [5.41, 5.74) is 10.9. The van der Waals surface area contributed by atoms with Crippen LogP contribution in [0.25, 0.3) is 32.3 Å². The van der Waals surface area contributed by atoms with E-state index in [0.717, 1.165) is 61.7 Å². The minimum absolute atomic E-state index is 1.01. The number of allylic oxidation sites excluding steroid dienone is 4. The number of anilines is 8. The van der Waals surface area contributed by atoms with Crippen molar-refractivity contribution < 1.29 is 0 Å². The van der Waals surface area contributed by atoms with Gasteiger partial charge in [-0.3, -0.25) is 0 Å². The van der Waals surface area contributed by atoms with E-state index in [-0.39, 0.29) is 0 Å². The molecule has 0 aliphatic rings. The molecule has 0 fully saturated rings. The van der Waals surface area contributed by atoms with E-state index in [9.17, 15) is 0 Å². The maximum absolute atomic E-state index is 4.12. The molecule has 0 spiro atoms. The predicted octanol–water partition coefficient (Wildman–Crippen LogP) is 18.4. The average molecular weight is 868 g/mol. The summed E-state index contributed by atoms with van der Waals surface area (Å²) in [6.07, 6.45) is 6.38. The third kappa shape index (κ3) is 8.63. The summed E-state index contributed by atoms with van der Waals surface area (Å²) in [6, 6.07) is 82.9. The van der Waals surface area contributed by atoms with Crippen LogP contribution >= 0.6 is 11.8 Å². The Hall–Kier alpha value is -8.05. The lowest BCUT2D eigenvalue weighted by Gasteiger charge is -2.29. The van der Waals surface area contributed by atoms with Gasteiger partial charge >= 0.3 is 0 Å². The Morgan fingerprint density at radius 2 is 0.742 bits per heavy atom. The second kappa shape index (κ2) is 19.0. The highest BCUT2D eigenvalue weighted by molar-refractivity contribution is 7.99. The van der Waals surface area contributed by atoms with Crippen LogP contribution in [0.4, 0.5) is 45.5 Å². The van der Waals surface area contributed by atoms with Crippen molar-refractivity contribution in [3.05, 3.63) is 267 Å². The third-order valence-electron chi connectivity index (χ3n) is 11.9. The lowest BCUT2D eigenvalue weighted by Crippen LogP contribution is -2.15. The molecule has 0 amide bonds. The second-order valence-corrected chi connectivity index (χ2v) is 17.5. The van der Waals surface area contributed by atoms with E-state index in [2.05, 4.69) is 277 Å². The molecular formula is C62H49N3S. The first-order chi connectivity index (χ1) is 32.5. The number of fused-ring (bicyclic) bond motifs is 3. The van der Waals surface area contributed by atoms with Crippen LogP contribution in [-0.2, 0) is 0 Å². The fourth-order valence-corrected chi connectivity index (χ4v) is 9.63. The van der Waals surface area contributed by atoms with Crippen LogP contribution in [0, 0.1) is 0 Å². The van der Waals surface area contributed by atoms with Gasteiger partial charge in [-0.25, -0.2) is 0 Å². The number of para-hydroxylation sites is 1. The Bertz CT molecular complexity index is 3360. The molecule has 4 heteroatoms. The SMILES string of the molecule is C=C(C)/C=C\C(=CC)N(c1ccc(Sc2ccc(N(c3ccc(N(c4ccccc4)c4cccc5ccccc45)cc3)c3cccc4ccccc34)cc2)cc1)c1cccc2ccccc12. The topological polar surface area (TPSA) is 9.72 Å². The maximum atomic E-state index is 4.12. The predicted molar refractivity (Wildman–Crippen MR) is 285 cm³/mol. The third-order valence-corrected chi connectivity index (χ3v) is 12.9. The van der Waals surface area contributed by atoms with E-state index in [1.54, 1.807) is 11.8 Å². The first kappa shape index (κ1) is 41.9. The van der Waals surface area contributed by atoms with Crippen molar-refractivity contribution in [2.24, 2.45) is 0 Å². The van der Waals surface area contributed by atoms with Gasteiger partial charge in [-0.2, -0.15) is 0 Å². The lowest BCUT2D eigenvalue weighted by atomic mass is 10.1. The maximum Gasteiger partial charge on any atom is 0.0540 e. The van der Waals surface area contributed by atoms with Gasteiger partial charge in [0.05, 0.1) is 17.1 Å². The molecule has 0 saturated carbocycles. The first-order valence-electron chi connectivity index (χ1n) is 22.4. The van der Waals surface area contributed by atoms with Crippen LogP contribution in [0.3, 0.4) is 0 Å². The Balaban J connectivity index is 0.979. The highest BCUT2D eigenvalue weighted by atomic mass is 32.2. The Kier molecular flexibility index (Phi) is 12.1. The first-order valence-corrected chi connectivity index (χ1v) is 23.2. The fraction of sp³-hybridized carbons (Fsp3) is 0.0323. The van der Waals surface area contributed by atoms with Gasteiger partial charge in [0.2, 0.25) is 0 Å². The molecule has 0 aliphatic carbocycles. The van der Waals surface area contributed by atoms with Crippen molar-refractivity contribution in [2.45, 2.75) is 23.6 Å². The summed E-state index contributed by atoms with van der Waals surface area (Å²) in [5, 5.41) is 7.21. The summed E-state index contributed by atoms with van der Waals surface area (Å²) >= 11 is 1.77. The average Bonchev–Trinajstić information content (AvgIpc) is 3.37. The molecule has 66 heavy (non-hydrogen) atoms. The van der Waals surface area contributed by atoms with Gasteiger partial charge in [0.15, 0.2) is 0 Å². The standard InChI is InChI=1S/C62H49N3S/c1-4-49(32-31-45(2)3)63(60-28-14-20-46-17-8-11-25-57(46)60)53-37-41-55(42-38-53)66-56-43-39-54(40-44-56)65(62-30-16-22-48-19-10-13-27-59(48)62)52-35-33-51(34-36-52)64(50-23-6-5-7-24-50)61-29-15-21-47-18-9-12-26-58(47)61/h4-44H,2H2,1,3H3/b32-31-,49-4?. The molecule has 3 nitrogen and oxygen atoms in total. The van der Waals surface area contributed by atoms with E-state index in [1.165, 1.54) is 37.2 Å². The molecule has 0 heterocycles. The Morgan fingerprint density at radius 1 is 0.379 bits per heavy atom. The van der Waals surface area contributed by atoms with Gasteiger partial charge < -0.3 is 14.7 Å². The molecule has 0 radical (unpaired) electrons. The van der Waals surface area contributed by atoms with Crippen molar-refractivity contribution >= 4 is 89.6 Å². The molecule has 0 N–H and O–H groups in total. The van der Waals surface area contributed by atoms with Crippen LogP contribution in [0.5, 0.6) is 0 Å².